The lowest BCUT2D eigenvalue weighted by atomic mass is 9.48. The molecule has 5 atom stereocenters. The van der Waals surface area contributed by atoms with Gasteiger partial charge < -0.3 is 19.8 Å². The SMILES string of the molecule is CSc1ccccc1ON(C(C)=O)[C@H]1CC[C@@]2(O)[C@H]3Cc4ccc(O)c5c4[C@@]2(CCN3CC2CC2)[C@H]1O5. The zero-order valence-corrected chi connectivity index (χ0v) is 22.2. The van der Waals surface area contributed by atoms with E-state index in [1.165, 1.54) is 24.8 Å². The van der Waals surface area contributed by atoms with E-state index < -0.39 is 23.2 Å². The van der Waals surface area contributed by atoms with Crippen LogP contribution in [0.25, 0.3) is 0 Å². The molecule has 2 N–H and O–H groups in total. The first-order valence-corrected chi connectivity index (χ1v) is 14.7. The lowest BCUT2D eigenvalue weighted by Crippen LogP contribution is -2.78. The van der Waals surface area contributed by atoms with Crippen LogP contribution in [-0.2, 0) is 16.6 Å². The first-order chi connectivity index (χ1) is 17.9. The Bertz CT molecular complexity index is 1270. The summed E-state index contributed by atoms with van der Waals surface area (Å²) in [4.78, 5) is 22.9. The van der Waals surface area contributed by atoms with E-state index in [-0.39, 0.29) is 17.7 Å². The summed E-state index contributed by atoms with van der Waals surface area (Å²) < 4.78 is 6.63. The van der Waals surface area contributed by atoms with Crippen LogP contribution in [0.15, 0.2) is 41.3 Å². The molecule has 1 spiro atoms. The van der Waals surface area contributed by atoms with E-state index in [9.17, 15) is 15.0 Å². The summed E-state index contributed by atoms with van der Waals surface area (Å²) in [5.74, 6) is 1.74. The number of benzene rings is 2. The number of nitrogens with zero attached hydrogens (tertiary/aromatic N) is 2. The maximum atomic E-state index is 13.1. The number of amides is 1. The van der Waals surface area contributed by atoms with Gasteiger partial charge in [-0.1, -0.05) is 18.2 Å². The molecule has 3 aliphatic carbocycles. The molecular formula is C29H34N2O5S. The summed E-state index contributed by atoms with van der Waals surface area (Å²) in [6.45, 7) is 3.43. The second kappa shape index (κ2) is 8.29. The van der Waals surface area contributed by atoms with E-state index in [2.05, 4.69) is 4.90 Å². The molecule has 1 saturated heterocycles. The second-order valence-corrected chi connectivity index (χ2v) is 12.3. The second-order valence-electron chi connectivity index (χ2n) is 11.5. The summed E-state index contributed by atoms with van der Waals surface area (Å²) in [5.41, 5.74) is 0.417. The molecule has 5 aliphatic rings. The fourth-order valence-electron chi connectivity index (χ4n) is 7.86. The quantitative estimate of drug-likeness (QED) is 0.440. The number of para-hydroxylation sites is 1. The van der Waals surface area contributed by atoms with Gasteiger partial charge in [0.1, 0.15) is 12.1 Å². The van der Waals surface area contributed by atoms with Crippen LogP contribution in [0.4, 0.5) is 0 Å². The fraction of sp³-hybridized carbons (Fsp3) is 0.552. The third-order valence-corrected chi connectivity index (χ3v) is 10.4. The number of rotatable bonds is 6. The number of aliphatic hydroxyl groups is 1. The molecule has 7 nitrogen and oxygen atoms in total. The Hall–Kier alpha value is -2.42. The zero-order chi connectivity index (χ0) is 25.5. The van der Waals surface area contributed by atoms with Gasteiger partial charge in [0.15, 0.2) is 17.2 Å². The van der Waals surface area contributed by atoms with Gasteiger partial charge in [-0.15, -0.1) is 11.8 Å². The highest BCUT2D eigenvalue weighted by Crippen LogP contribution is 2.66. The molecule has 0 radical (unpaired) electrons. The van der Waals surface area contributed by atoms with Crippen LogP contribution in [-0.4, -0.2) is 69.2 Å². The van der Waals surface area contributed by atoms with Gasteiger partial charge in [0.25, 0.3) is 5.91 Å². The molecule has 2 saturated carbocycles. The van der Waals surface area contributed by atoms with Crippen LogP contribution in [0.5, 0.6) is 17.2 Å². The number of likely N-dealkylation sites (tertiary alicyclic amines) is 1. The zero-order valence-electron chi connectivity index (χ0n) is 21.4. The van der Waals surface area contributed by atoms with Crippen LogP contribution in [0.1, 0.15) is 50.2 Å². The van der Waals surface area contributed by atoms with Crippen molar-refractivity contribution in [3.63, 3.8) is 0 Å². The standard InChI is InChI=1S/C29H34N2O5S/c1-17(32)31(36-22-5-3-4-6-23(22)37-2)20-11-12-29(34)24-15-19-9-10-21(33)26-25(19)28(29,27(20)35-26)13-14-30(24)16-18-7-8-18/h3-6,9-10,18,20,24,27,33-34H,7-8,11-16H2,1-2H3/t20-,24+,27-,28-,29+/m0/s1. The van der Waals surface area contributed by atoms with Gasteiger partial charge in [0, 0.05) is 25.1 Å². The number of phenols is 1. The predicted octanol–water partition coefficient (Wildman–Crippen LogP) is 3.89. The van der Waals surface area contributed by atoms with Crippen molar-refractivity contribution in [3.05, 3.63) is 47.5 Å². The number of hydrogen-bond acceptors (Lipinski definition) is 7. The van der Waals surface area contributed by atoms with Crippen molar-refractivity contribution in [3.8, 4) is 17.2 Å². The monoisotopic (exact) mass is 522 g/mol. The highest BCUT2D eigenvalue weighted by Gasteiger charge is 2.74. The summed E-state index contributed by atoms with van der Waals surface area (Å²) >= 11 is 1.57. The minimum absolute atomic E-state index is 0.000747. The van der Waals surface area contributed by atoms with Crippen LogP contribution in [0.2, 0.25) is 0 Å². The van der Waals surface area contributed by atoms with Gasteiger partial charge in [-0.3, -0.25) is 9.69 Å². The number of aromatic hydroxyl groups is 1. The first kappa shape index (κ1) is 23.7. The van der Waals surface area contributed by atoms with Crippen molar-refractivity contribution < 1.29 is 24.6 Å². The summed E-state index contributed by atoms with van der Waals surface area (Å²) in [6, 6.07) is 11.0. The summed E-state index contributed by atoms with van der Waals surface area (Å²) in [5, 5.41) is 25.0. The lowest BCUT2D eigenvalue weighted by molar-refractivity contribution is -0.225. The number of hydroxylamine groups is 2. The predicted molar refractivity (Wildman–Crippen MR) is 140 cm³/mol. The number of carbonyl (C=O) groups excluding carboxylic acids is 1. The number of phenolic OH excluding ortho intramolecular Hbond substituents is 1. The minimum atomic E-state index is -0.993. The molecule has 2 aromatic rings. The largest absolute Gasteiger partial charge is 0.504 e. The van der Waals surface area contributed by atoms with Crippen LogP contribution < -0.4 is 9.57 Å². The summed E-state index contributed by atoms with van der Waals surface area (Å²) in [7, 11) is 0. The van der Waals surface area contributed by atoms with E-state index in [1.54, 1.807) is 17.8 Å². The highest BCUT2D eigenvalue weighted by molar-refractivity contribution is 7.98. The Morgan fingerprint density at radius 3 is 2.78 bits per heavy atom. The average molecular weight is 523 g/mol. The number of carbonyl (C=O) groups is 1. The van der Waals surface area contributed by atoms with Gasteiger partial charge in [-0.2, -0.15) is 5.06 Å². The molecule has 0 unspecified atom stereocenters. The lowest BCUT2D eigenvalue weighted by Gasteiger charge is -2.64. The van der Waals surface area contributed by atoms with E-state index >= 15 is 0 Å². The molecule has 8 heteroatoms. The Labute approximate surface area is 221 Å². The molecule has 1 amide bonds. The Morgan fingerprint density at radius 1 is 1.22 bits per heavy atom. The van der Waals surface area contributed by atoms with Crippen LogP contribution in [0.3, 0.4) is 0 Å². The number of thioether (sulfide) groups is 1. The van der Waals surface area contributed by atoms with Gasteiger partial charge in [0.05, 0.1) is 15.9 Å². The van der Waals surface area contributed by atoms with Crippen molar-refractivity contribution >= 4 is 17.7 Å². The normalized spacial score (nSPS) is 33.4. The molecule has 2 aromatic carbocycles. The Kier molecular flexibility index (Phi) is 5.30. The number of piperidine rings is 1. The Morgan fingerprint density at radius 2 is 2.03 bits per heavy atom. The maximum Gasteiger partial charge on any atom is 0.252 e. The van der Waals surface area contributed by atoms with E-state index in [1.807, 2.05) is 36.6 Å². The molecule has 2 aliphatic heterocycles. The molecule has 196 valence electrons. The third-order valence-electron chi connectivity index (χ3n) is 9.61. The van der Waals surface area contributed by atoms with E-state index in [0.717, 1.165) is 47.9 Å². The first-order valence-electron chi connectivity index (χ1n) is 13.5. The average Bonchev–Trinajstić information content (AvgIpc) is 3.63. The van der Waals surface area contributed by atoms with Crippen LogP contribution >= 0.6 is 11.8 Å². The molecule has 37 heavy (non-hydrogen) atoms. The topological polar surface area (TPSA) is 82.5 Å². The summed E-state index contributed by atoms with van der Waals surface area (Å²) in [6.07, 6.45) is 6.61. The highest BCUT2D eigenvalue weighted by atomic mass is 32.2. The Balaban J connectivity index is 1.33. The van der Waals surface area contributed by atoms with Crippen molar-refractivity contribution in [2.24, 2.45) is 5.92 Å². The fourth-order valence-corrected chi connectivity index (χ4v) is 8.38. The molecular weight excluding hydrogens is 488 g/mol. The number of ether oxygens (including phenoxy) is 1. The molecule has 3 fully saturated rings. The molecule has 2 heterocycles. The third kappa shape index (κ3) is 3.25. The van der Waals surface area contributed by atoms with Gasteiger partial charge in [-0.25, -0.2) is 0 Å². The van der Waals surface area contributed by atoms with Crippen molar-refractivity contribution in [1.82, 2.24) is 9.96 Å². The van der Waals surface area contributed by atoms with E-state index in [0.29, 0.717) is 24.3 Å². The van der Waals surface area contributed by atoms with E-state index in [4.69, 9.17) is 9.57 Å². The van der Waals surface area contributed by atoms with Crippen molar-refractivity contribution in [1.29, 1.82) is 0 Å². The minimum Gasteiger partial charge on any atom is -0.504 e. The smallest absolute Gasteiger partial charge is 0.252 e. The van der Waals surface area contributed by atoms with Gasteiger partial charge >= 0.3 is 0 Å². The maximum absolute atomic E-state index is 13.1. The van der Waals surface area contributed by atoms with Gasteiger partial charge in [-0.05, 0) is 81.0 Å². The molecule has 7 rings (SSSR count). The van der Waals surface area contributed by atoms with Gasteiger partial charge in [0.2, 0.25) is 0 Å². The van der Waals surface area contributed by atoms with Crippen molar-refractivity contribution in [2.75, 3.05) is 19.3 Å². The van der Waals surface area contributed by atoms with Crippen molar-refractivity contribution in [2.45, 2.75) is 79.5 Å². The molecule has 2 bridgehead atoms. The van der Waals surface area contributed by atoms with Crippen LogP contribution in [0, 0.1) is 5.92 Å². The number of hydrogen-bond donors (Lipinski definition) is 2. The molecule has 0 aromatic heterocycles.